The lowest BCUT2D eigenvalue weighted by molar-refractivity contribution is 0.0731. The highest BCUT2D eigenvalue weighted by Gasteiger charge is 2.39. The normalized spacial score (nSPS) is 19.6. The van der Waals surface area contributed by atoms with E-state index < -0.39 is 0 Å². The van der Waals surface area contributed by atoms with Gasteiger partial charge in [0, 0.05) is 36.9 Å². The fourth-order valence-corrected chi connectivity index (χ4v) is 4.84. The van der Waals surface area contributed by atoms with E-state index >= 15 is 0 Å². The molecule has 34 heavy (non-hydrogen) atoms. The van der Waals surface area contributed by atoms with E-state index in [4.69, 9.17) is 9.15 Å². The maximum Gasteiger partial charge on any atom is 0.258 e. The number of furan rings is 1. The predicted molar refractivity (Wildman–Crippen MR) is 126 cm³/mol. The first-order valence-corrected chi connectivity index (χ1v) is 12.0. The molecule has 1 saturated carbocycles. The van der Waals surface area contributed by atoms with Crippen molar-refractivity contribution in [1.82, 2.24) is 24.8 Å². The Kier molecular flexibility index (Phi) is 5.13. The second kappa shape index (κ2) is 8.19. The molecule has 178 valence electrons. The van der Waals surface area contributed by atoms with E-state index in [0.29, 0.717) is 53.8 Å². The number of nitrogens with one attached hydrogen (secondary N) is 2. The summed E-state index contributed by atoms with van der Waals surface area (Å²) in [6.45, 7) is 6.52. The van der Waals surface area contributed by atoms with Crippen molar-refractivity contribution in [2.24, 2.45) is 0 Å². The monoisotopic (exact) mass is 463 g/mol. The molecule has 0 unspecified atom stereocenters. The third kappa shape index (κ3) is 3.85. The number of ether oxygens (including phenoxy) is 1. The summed E-state index contributed by atoms with van der Waals surface area (Å²) < 4.78 is 11.3. The number of hydrogen-bond donors (Lipinski definition) is 2. The van der Waals surface area contributed by atoms with Gasteiger partial charge in [-0.25, -0.2) is 19.9 Å². The van der Waals surface area contributed by atoms with Gasteiger partial charge in [-0.1, -0.05) is 0 Å². The van der Waals surface area contributed by atoms with E-state index in [-0.39, 0.29) is 11.4 Å². The molecule has 1 saturated heterocycles. The second-order valence-electron chi connectivity index (χ2n) is 9.78. The number of carbonyl (C=O) groups is 1. The molecular weight excluding hydrogens is 434 g/mol. The Morgan fingerprint density at radius 2 is 1.88 bits per heavy atom. The molecule has 3 aromatic rings. The van der Waals surface area contributed by atoms with Crippen LogP contribution < -0.4 is 10.6 Å². The largest absolute Gasteiger partial charge is 0.442 e. The van der Waals surface area contributed by atoms with E-state index in [9.17, 15) is 4.79 Å². The highest BCUT2D eigenvalue weighted by atomic mass is 16.5. The average molecular weight is 464 g/mol. The lowest BCUT2D eigenvalue weighted by atomic mass is 10.0. The van der Waals surface area contributed by atoms with Gasteiger partial charge in [0.15, 0.2) is 0 Å². The summed E-state index contributed by atoms with van der Waals surface area (Å²) in [6.07, 6.45) is 7.84. The Hall–Kier alpha value is -3.27. The zero-order valence-corrected chi connectivity index (χ0v) is 19.6. The van der Waals surface area contributed by atoms with Gasteiger partial charge in [0.2, 0.25) is 5.71 Å². The zero-order chi connectivity index (χ0) is 23.3. The SMILES string of the molecule is Cc1oc2ncnc(NC3(C)CC3)c2c1C(=O)N1CCc2c(ncnc2NC2CCOCC2)C1. The average Bonchev–Trinajstić information content (AvgIpc) is 3.47. The lowest BCUT2D eigenvalue weighted by Crippen LogP contribution is -2.37. The van der Waals surface area contributed by atoms with Crippen LogP contribution in [0, 0.1) is 6.92 Å². The minimum absolute atomic E-state index is 0.0155. The molecule has 0 spiro atoms. The van der Waals surface area contributed by atoms with Crippen LogP contribution in [-0.2, 0) is 17.7 Å². The summed E-state index contributed by atoms with van der Waals surface area (Å²) in [5.41, 5.74) is 2.96. The molecule has 2 aliphatic heterocycles. The minimum Gasteiger partial charge on any atom is -0.442 e. The van der Waals surface area contributed by atoms with E-state index in [2.05, 4.69) is 37.5 Å². The van der Waals surface area contributed by atoms with Gasteiger partial charge in [0.25, 0.3) is 5.91 Å². The van der Waals surface area contributed by atoms with Crippen LogP contribution in [0.1, 0.15) is 60.0 Å². The molecule has 1 amide bonds. The maximum atomic E-state index is 13.8. The van der Waals surface area contributed by atoms with Crippen LogP contribution in [0.25, 0.3) is 11.1 Å². The van der Waals surface area contributed by atoms with Crippen molar-refractivity contribution in [2.45, 2.75) is 64.1 Å². The van der Waals surface area contributed by atoms with Crippen molar-refractivity contribution in [3.63, 3.8) is 0 Å². The minimum atomic E-state index is -0.0850. The predicted octanol–water partition coefficient (Wildman–Crippen LogP) is 3.08. The number of fused-ring (bicyclic) bond motifs is 2. The molecule has 10 heteroatoms. The molecule has 0 radical (unpaired) electrons. The molecule has 5 heterocycles. The molecule has 3 aliphatic rings. The fraction of sp³-hybridized carbons (Fsp3) is 0.542. The standard InChI is InChI=1S/C24H29N7O3/c1-14-18(19-21(30-24(2)6-7-24)27-13-28-22(19)34-14)23(32)31-8-3-16-17(11-31)25-12-26-20(16)29-15-4-9-33-10-5-15/h12-13,15H,3-11H2,1-2H3,(H,25,26,29)(H,27,28,30). The topological polar surface area (TPSA) is 118 Å². The third-order valence-electron chi connectivity index (χ3n) is 7.15. The number of rotatable bonds is 5. The molecule has 1 aliphatic carbocycles. The third-order valence-corrected chi connectivity index (χ3v) is 7.15. The molecule has 3 aromatic heterocycles. The zero-order valence-electron chi connectivity index (χ0n) is 19.6. The van der Waals surface area contributed by atoms with Crippen molar-refractivity contribution >= 4 is 28.6 Å². The highest BCUT2D eigenvalue weighted by molar-refractivity contribution is 6.10. The van der Waals surface area contributed by atoms with Crippen molar-refractivity contribution in [3.05, 3.63) is 35.2 Å². The van der Waals surface area contributed by atoms with Crippen molar-refractivity contribution in [2.75, 3.05) is 30.4 Å². The number of aryl methyl sites for hydroxylation is 1. The van der Waals surface area contributed by atoms with Crippen LogP contribution in [0.5, 0.6) is 0 Å². The number of nitrogens with zero attached hydrogens (tertiary/aromatic N) is 5. The first kappa shape index (κ1) is 21.3. The van der Waals surface area contributed by atoms with Crippen LogP contribution in [0.15, 0.2) is 17.1 Å². The summed E-state index contributed by atoms with van der Waals surface area (Å²) in [7, 11) is 0. The van der Waals surface area contributed by atoms with Crippen molar-refractivity contribution in [3.8, 4) is 0 Å². The Labute approximate surface area is 197 Å². The summed E-state index contributed by atoms with van der Waals surface area (Å²) in [4.78, 5) is 33.3. The Bertz CT molecular complexity index is 1250. The van der Waals surface area contributed by atoms with Crippen LogP contribution in [0.2, 0.25) is 0 Å². The van der Waals surface area contributed by atoms with E-state index in [1.165, 1.54) is 6.33 Å². The molecule has 2 N–H and O–H groups in total. The number of hydrogen-bond acceptors (Lipinski definition) is 9. The van der Waals surface area contributed by atoms with Crippen LogP contribution in [0.3, 0.4) is 0 Å². The van der Waals surface area contributed by atoms with Crippen LogP contribution in [-0.4, -0.2) is 62.1 Å². The molecule has 0 aromatic carbocycles. The van der Waals surface area contributed by atoms with Gasteiger partial charge in [0.1, 0.15) is 30.1 Å². The second-order valence-corrected chi connectivity index (χ2v) is 9.78. The number of anilines is 2. The van der Waals surface area contributed by atoms with Crippen LogP contribution in [0.4, 0.5) is 11.6 Å². The van der Waals surface area contributed by atoms with Gasteiger partial charge >= 0.3 is 0 Å². The summed E-state index contributed by atoms with van der Waals surface area (Å²) in [5, 5.41) is 7.72. The Morgan fingerprint density at radius 3 is 2.68 bits per heavy atom. The van der Waals surface area contributed by atoms with Gasteiger partial charge in [-0.3, -0.25) is 4.79 Å². The summed E-state index contributed by atoms with van der Waals surface area (Å²) in [6, 6.07) is 0.353. The smallest absolute Gasteiger partial charge is 0.258 e. The van der Waals surface area contributed by atoms with Crippen LogP contribution >= 0.6 is 0 Å². The Balaban J connectivity index is 1.27. The van der Waals surface area contributed by atoms with Gasteiger partial charge in [0.05, 0.1) is 23.2 Å². The van der Waals surface area contributed by atoms with Crippen molar-refractivity contribution < 1.29 is 13.9 Å². The summed E-state index contributed by atoms with van der Waals surface area (Å²) in [5.74, 6) is 2.01. The molecule has 10 nitrogen and oxygen atoms in total. The van der Waals surface area contributed by atoms with E-state index in [0.717, 1.165) is 56.0 Å². The van der Waals surface area contributed by atoms with Crippen molar-refractivity contribution in [1.29, 1.82) is 0 Å². The lowest BCUT2D eigenvalue weighted by Gasteiger charge is -2.30. The molecule has 2 fully saturated rings. The summed E-state index contributed by atoms with van der Waals surface area (Å²) >= 11 is 0. The fourth-order valence-electron chi connectivity index (χ4n) is 4.84. The molecule has 0 bridgehead atoms. The number of carbonyl (C=O) groups excluding carboxylic acids is 1. The molecular formula is C24H29N7O3. The highest BCUT2D eigenvalue weighted by Crippen LogP contribution is 2.40. The first-order chi connectivity index (χ1) is 16.5. The Morgan fingerprint density at radius 1 is 1.12 bits per heavy atom. The van der Waals surface area contributed by atoms with Gasteiger partial charge in [-0.2, -0.15) is 0 Å². The van der Waals surface area contributed by atoms with Gasteiger partial charge < -0.3 is 24.7 Å². The van der Waals surface area contributed by atoms with Gasteiger partial charge in [-0.15, -0.1) is 0 Å². The van der Waals surface area contributed by atoms with Gasteiger partial charge in [-0.05, 0) is 46.0 Å². The first-order valence-electron chi connectivity index (χ1n) is 12.0. The number of aromatic nitrogens is 4. The number of amides is 1. The van der Waals surface area contributed by atoms with E-state index in [1.807, 2.05) is 11.8 Å². The molecule has 0 atom stereocenters. The maximum absolute atomic E-state index is 13.8. The van der Waals surface area contributed by atoms with E-state index in [1.54, 1.807) is 6.33 Å². The molecule has 6 rings (SSSR count). The quantitative estimate of drug-likeness (QED) is 0.588.